The van der Waals surface area contributed by atoms with Crippen molar-refractivity contribution in [1.29, 1.82) is 0 Å². The van der Waals surface area contributed by atoms with Crippen LogP contribution in [0.2, 0.25) is 0 Å². The molecule has 0 bridgehead atoms. The van der Waals surface area contributed by atoms with Gasteiger partial charge in [-0.25, -0.2) is 9.67 Å². The van der Waals surface area contributed by atoms with Gasteiger partial charge in [0.2, 0.25) is 5.91 Å². The van der Waals surface area contributed by atoms with Gasteiger partial charge in [0.05, 0.1) is 17.6 Å². The number of para-hydroxylation sites is 1. The number of hydrogen-bond donors (Lipinski definition) is 2. The Morgan fingerprint density at radius 1 is 1.15 bits per heavy atom. The zero-order chi connectivity index (χ0) is 19.1. The average molecular weight is 362 g/mol. The maximum Gasteiger partial charge on any atom is 0.244 e. The van der Waals surface area contributed by atoms with Crippen LogP contribution in [0, 0.1) is 13.8 Å². The van der Waals surface area contributed by atoms with Gasteiger partial charge in [-0.2, -0.15) is 5.10 Å². The number of nitrogens with zero attached hydrogens (tertiary/aromatic N) is 4. The van der Waals surface area contributed by atoms with E-state index in [1.54, 1.807) is 18.6 Å². The second kappa shape index (κ2) is 8.75. The molecule has 0 radical (unpaired) electrons. The summed E-state index contributed by atoms with van der Waals surface area (Å²) in [5, 5.41) is 10.5. The Morgan fingerprint density at radius 2 is 1.96 bits per heavy atom. The summed E-state index contributed by atoms with van der Waals surface area (Å²) in [5.41, 5.74) is 3.82. The molecule has 0 fully saturated rings. The Morgan fingerprint density at radius 3 is 2.70 bits per heavy atom. The van der Waals surface area contributed by atoms with Crippen molar-refractivity contribution in [3.63, 3.8) is 0 Å². The molecule has 3 rings (SSSR count). The summed E-state index contributed by atoms with van der Waals surface area (Å²) in [6.45, 7) is 4.99. The van der Waals surface area contributed by atoms with Crippen LogP contribution in [0.15, 0.2) is 55.0 Å². The summed E-state index contributed by atoms with van der Waals surface area (Å²) in [6, 6.07) is 9.93. The lowest BCUT2D eigenvalue weighted by Crippen LogP contribution is -2.27. The quantitative estimate of drug-likeness (QED) is 0.498. The molecule has 0 aliphatic rings. The van der Waals surface area contributed by atoms with Crippen molar-refractivity contribution in [3.8, 4) is 5.69 Å². The van der Waals surface area contributed by atoms with Crippen LogP contribution in [0.1, 0.15) is 17.0 Å². The third kappa shape index (κ3) is 4.78. The highest BCUT2D eigenvalue weighted by Crippen LogP contribution is 2.18. The van der Waals surface area contributed by atoms with E-state index in [9.17, 15) is 4.79 Å². The van der Waals surface area contributed by atoms with Crippen molar-refractivity contribution >= 4 is 17.8 Å². The highest BCUT2D eigenvalue weighted by Gasteiger charge is 2.10. The molecule has 138 valence electrons. The number of benzene rings is 1. The minimum absolute atomic E-state index is 0.151. The molecule has 0 aliphatic carbocycles. The SMILES string of the molecule is Cc1nn(-c2ccccc2)c(C)c1C=CC(=O)NCCNc1cnccn1. The number of aryl methyl sites for hydroxylation is 1. The fraction of sp³-hybridized carbons (Fsp3) is 0.200. The normalized spacial score (nSPS) is 10.9. The van der Waals surface area contributed by atoms with Gasteiger partial charge in [0.15, 0.2) is 0 Å². The molecule has 3 aromatic rings. The van der Waals surface area contributed by atoms with Crippen molar-refractivity contribution in [2.75, 3.05) is 18.4 Å². The molecule has 2 N–H and O–H groups in total. The first-order valence-electron chi connectivity index (χ1n) is 8.72. The lowest BCUT2D eigenvalue weighted by Gasteiger charge is -2.05. The van der Waals surface area contributed by atoms with Crippen LogP contribution in [0.3, 0.4) is 0 Å². The van der Waals surface area contributed by atoms with Gasteiger partial charge in [0, 0.05) is 42.8 Å². The minimum atomic E-state index is -0.151. The van der Waals surface area contributed by atoms with Gasteiger partial charge in [-0.05, 0) is 32.1 Å². The van der Waals surface area contributed by atoms with Gasteiger partial charge in [-0.15, -0.1) is 0 Å². The smallest absolute Gasteiger partial charge is 0.244 e. The Labute approximate surface area is 158 Å². The Balaban J connectivity index is 1.56. The molecule has 0 aliphatic heterocycles. The van der Waals surface area contributed by atoms with E-state index in [1.165, 1.54) is 6.08 Å². The largest absolute Gasteiger partial charge is 0.367 e. The van der Waals surface area contributed by atoms with E-state index in [1.807, 2.05) is 54.9 Å². The zero-order valence-electron chi connectivity index (χ0n) is 15.4. The fourth-order valence-electron chi connectivity index (χ4n) is 2.70. The maximum absolute atomic E-state index is 12.0. The summed E-state index contributed by atoms with van der Waals surface area (Å²) in [7, 11) is 0. The number of carbonyl (C=O) groups is 1. The van der Waals surface area contributed by atoms with Crippen molar-refractivity contribution in [3.05, 3.63) is 71.9 Å². The van der Waals surface area contributed by atoms with Crippen molar-refractivity contribution in [1.82, 2.24) is 25.1 Å². The van der Waals surface area contributed by atoms with E-state index >= 15 is 0 Å². The molecule has 27 heavy (non-hydrogen) atoms. The van der Waals surface area contributed by atoms with E-state index < -0.39 is 0 Å². The standard InChI is InChI=1S/C20H22N6O/c1-15-18(16(2)26(25-15)17-6-4-3-5-7-17)8-9-20(27)24-13-12-23-19-14-21-10-11-22-19/h3-11,14H,12-13H2,1-2H3,(H,22,23)(H,24,27). The Hall–Kier alpha value is -3.48. The van der Waals surface area contributed by atoms with Gasteiger partial charge in [-0.3, -0.25) is 9.78 Å². The molecule has 0 saturated heterocycles. The molecular weight excluding hydrogens is 340 g/mol. The highest BCUT2D eigenvalue weighted by atomic mass is 16.1. The first kappa shape index (κ1) is 18.3. The molecule has 0 saturated carbocycles. The first-order valence-corrected chi connectivity index (χ1v) is 8.72. The predicted molar refractivity (Wildman–Crippen MR) is 106 cm³/mol. The average Bonchev–Trinajstić information content (AvgIpc) is 2.99. The van der Waals surface area contributed by atoms with Crippen LogP contribution >= 0.6 is 0 Å². The number of anilines is 1. The van der Waals surface area contributed by atoms with Crippen LogP contribution < -0.4 is 10.6 Å². The number of rotatable bonds is 7. The molecule has 2 heterocycles. The zero-order valence-corrected chi connectivity index (χ0v) is 15.4. The lowest BCUT2D eigenvalue weighted by atomic mass is 10.2. The second-order valence-electron chi connectivity index (χ2n) is 5.97. The number of carbonyl (C=O) groups excluding carboxylic acids is 1. The molecule has 0 atom stereocenters. The van der Waals surface area contributed by atoms with E-state index in [0.717, 1.165) is 22.6 Å². The van der Waals surface area contributed by atoms with Gasteiger partial charge in [-0.1, -0.05) is 18.2 Å². The maximum atomic E-state index is 12.0. The van der Waals surface area contributed by atoms with Crippen LogP contribution in [-0.4, -0.2) is 38.7 Å². The van der Waals surface area contributed by atoms with Crippen molar-refractivity contribution in [2.24, 2.45) is 0 Å². The Kier molecular flexibility index (Phi) is 5.94. The fourth-order valence-corrected chi connectivity index (χ4v) is 2.70. The van der Waals surface area contributed by atoms with Gasteiger partial charge in [0.1, 0.15) is 5.82 Å². The summed E-state index contributed by atoms with van der Waals surface area (Å²) in [6.07, 6.45) is 8.21. The third-order valence-electron chi connectivity index (χ3n) is 4.04. The monoisotopic (exact) mass is 362 g/mol. The molecule has 1 amide bonds. The topological polar surface area (TPSA) is 84.7 Å². The summed E-state index contributed by atoms with van der Waals surface area (Å²) in [4.78, 5) is 20.1. The minimum Gasteiger partial charge on any atom is -0.367 e. The van der Waals surface area contributed by atoms with Crippen LogP contribution in [-0.2, 0) is 4.79 Å². The van der Waals surface area contributed by atoms with Gasteiger partial charge in [0.25, 0.3) is 0 Å². The van der Waals surface area contributed by atoms with E-state index in [2.05, 4.69) is 25.7 Å². The van der Waals surface area contributed by atoms with E-state index in [0.29, 0.717) is 18.9 Å². The van der Waals surface area contributed by atoms with Crippen LogP contribution in [0.5, 0.6) is 0 Å². The van der Waals surface area contributed by atoms with Crippen molar-refractivity contribution in [2.45, 2.75) is 13.8 Å². The van der Waals surface area contributed by atoms with Gasteiger partial charge < -0.3 is 10.6 Å². The number of amides is 1. The lowest BCUT2D eigenvalue weighted by molar-refractivity contribution is -0.116. The van der Waals surface area contributed by atoms with E-state index in [-0.39, 0.29) is 5.91 Å². The summed E-state index contributed by atoms with van der Waals surface area (Å²) >= 11 is 0. The molecular formula is C20H22N6O. The number of nitrogens with one attached hydrogen (secondary N) is 2. The second-order valence-corrected chi connectivity index (χ2v) is 5.97. The van der Waals surface area contributed by atoms with E-state index in [4.69, 9.17) is 0 Å². The van der Waals surface area contributed by atoms with Crippen molar-refractivity contribution < 1.29 is 4.79 Å². The molecule has 7 nitrogen and oxygen atoms in total. The van der Waals surface area contributed by atoms with Crippen LogP contribution in [0.4, 0.5) is 5.82 Å². The summed E-state index contributed by atoms with van der Waals surface area (Å²) in [5.74, 6) is 0.532. The first-order chi connectivity index (χ1) is 13.1. The van der Waals surface area contributed by atoms with Crippen LogP contribution in [0.25, 0.3) is 11.8 Å². The Bertz CT molecular complexity index is 918. The molecule has 7 heteroatoms. The predicted octanol–water partition coefficient (Wildman–Crippen LogP) is 2.52. The number of aromatic nitrogens is 4. The number of hydrogen-bond acceptors (Lipinski definition) is 5. The summed E-state index contributed by atoms with van der Waals surface area (Å²) < 4.78 is 1.89. The molecule has 0 unspecified atom stereocenters. The highest BCUT2D eigenvalue weighted by molar-refractivity contribution is 5.92. The third-order valence-corrected chi connectivity index (χ3v) is 4.04. The molecule has 1 aromatic carbocycles. The molecule has 0 spiro atoms. The van der Waals surface area contributed by atoms with Gasteiger partial charge >= 0.3 is 0 Å². The molecule has 2 aromatic heterocycles.